The predicted molar refractivity (Wildman–Crippen MR) is 99.7 cm³/mol. The average molecular weight is 338 g/mol. The quantitative estimate of drug-likeness (QED) is 0.840. The molecule has 2 aromatic carbocycles. The third-order valence-corrected chi connectivity index (χ3v) is 4.68. The fraction of sp³-hybridized carbons (Fsp3) is 0.381. The SMILES string of the molecule is CCOc1ccc(CC(=O)N2CCN(C)CC2c2ccccc2)cc1. The predicted octanol–water partition coefficient (Wildman–Crippen LogP) is 3.14. The van der Waals surface area contributed by atoms with Crippen LogP contribution in [0.3, 0.4) is 0 Å². The van der Waals surface area contributed by atoms with Crippen LogP contribution < -0.4 is 4.74 Å². The Morgan fingerprint density at radius 3 is 2.48 bits per heavy atom. The molecule has 1 atom stereocenters. The summed E-state index contributed by atoms with van der Waals surface area (Å²) >= 11 is 0. The van der Waals surface area contributed by atoms with Crippen LogP contribution in [0.15, 0.2) is 54.6 Å². The van der Waals surface area contributed by atoms with Gasteiger partial charge in [-0.05, 0) is 37.2 Å². The first-order valence-corrected chi connectivity index (χ1v) is 8.92. The third-order valence-electron chi connectivity index (χ3n) is 4.68. The van der Waals surface area contributed by atoms with Crippen molar-refractivity contribution in [3.63, 3.8) is 0 Å². The van der Waals surface area contributed by atoms with Crippen LogP contribution in [-0.4, -0.2) is 49.0 Å². The maximum atomic E-state index is 12.9. The van der Waals surface area contributed by atoms with Crippen molar-refractivity contribution >= 4 is 5.91 Å². The lowest BCUT2D eigenvalue weighted by Crippen LogP contribution is -2.49. The molecular weight excluding hydrogens is 312 g/mol. The molecular formula is C21H26N2O2. The fourth-order valence-electron chi connectivity index (χ4n) is 3.32. The molecule has 0 spiro atoms. The Morgan fingerprint density at radius 1 is 1.08 bits per heavy atom. The molecule has 2 aromatic rings. The highest BCUT2D eigenvalue weighted by Gasteiger charge is 2.29. The molecule has 1 unspecified atom stereocenters. The number of likely N-dealkylation sites (N-methyl/N-ethyl adjacent to an activating group) is 1. The van der Waals surface area contributed by atoms with E-state index in [1.165, 1.54) is 5.56 Å². The van der Waals surface area contributed by atoms with Gasteiger partial charge in [-0.15, -0.1) is 0 Å². The van der Waals surface area contributed by atoms with Crippen LogP contribution >= 0.6 is 0 Å². The van der Waals surface area contributed by atoms with Crippen molar-refractivity contribution in [2.24, 2.45) is 0 Å². The molecule has 0 radical (unpaired) electrons. The molecule has 1 saturated heterocycles. The number of carbonyl (C=O) groups is 1. The molecule has 0 N–H and O–H groups in total. The van der Waals surface area contributed by atoms with E-state index in [4.69, 9.17) is 4.74 Å². The standard InChI is InChI=1S/C21H26N2O2/c1-3-25-19-11-9-17(10-12-19)15-21(24)23-14-13-22(2)16-20(23)18-7-5-4-6-8-18/h4-12,20H,3,13-16H2,1-2H3. The van der Waals surface area contributed by atoms with Gasteiger partial charge < -0.3 is 14.5 Å². The Labute approximate surface area is 150 Å². The van der Waals surface area contributed by atoms with E-state index >= 15 is 0 Å². The average Bonchev–Trinajstić information content (AvgIpc) is 2.64. The zero-order valence-corrected chi connectivity index (χ0v) is 15.0. The summed E-state index contributed by atoms with van der Waals surface area (Å²) < 4.78 is 5.47. The van der Waals surface area contributed by atoms with Crippen LogP contribution in [0.4, 0.5) is 0 Å². The molecule has 0 bridgehead atoms. The van der Waals surface area contributed by atoms with E-state index in [9.17, 15) is 4.79 Å². The molecule has 4 nitrogen and oxygen atoms in total. The normalized spacial score (nSPS) is 18.2. The van der Waals surface area contributed by atoms with Crippen molar-refractivity contribution in [3.8, 4) is 5.75 Å². The van der Waals surface area contributed by atoms with E-state index in [2.05, 4.69) is 24.1 Å². The Bertz CT molecular complexity index is 685. The highest BCUT2D eigenvalue weighted by Crippen LogP contribution is 2.25. The van der Waals surface area contributed by atoms with Gasteiger partial charge in [0, 0.05) is 19.6 Å². The number of carbonyl (C=O) groups excluding carboxylic acids is 1. The van der Waals surface area contributed by atoms with Gasteiger partial charge in [0.15, 0.2) is 0 Å². The monoisotopic (exact) mass is 338 g/mol. The highest BCUT2D eigenvalue weighted by atomic mass is 16.5. The zero-order valence-electron chi connectivity index (χ0n) is 15.0. The number of nitrogens with zero attached hydrogens (tertiary/aromatic N) is 2. The Morgan fingerprint density at radius 2 is 1.80 bits per heavy atom. The van der Waals surface area contributed by atoms with E-state index in [0.717, 1.165) is 30.9 Å². The summed E-state index contributed by atoms with van der Waals surface area (Å²) in [7, 11) is 2.12. The minimum Gasteiger partial charge on any atom is -0.494 e. The van der Waals surface area contributed by atoms with Gasteiger partial charge in [0.1, 0.15) is 5.75 Å². The van der Waals surface area contributed by atoms with E-state index in [1.807, 2.05) is 54.3 Å². The minimum atomic E-state index is 0.121. The molecule has 3 rings (SSSR count). The molecule has 1 amide bonds. The molecule has 132 valence electrons. The van der Waals surface area contributed by atoms with Crippen LogP contribution in [0.25, 0.3) is 0 Å². The van der Waals surface area contributed by atoms with Gasteiger partial charge in [0.2, 0.25) is 5.91 Å². The van der Waals surface area contributed by atoms with Gasteiger partial charge in [-0.2, -0.15) is 0 Å². The maximum absolute atomic E-state index is 12.9. The minimum absolute atomic E-state index is 0.121. The van der Waals surface area contributed by atoms with Gasteiger partial charge in [-0.3, -0.25) is 4.79 Å². The van der Waals surface area contributed by atoms with Crippen molar-refractivity contribution < 1.29 is 9.53 Å². The Hall–Kier alpha value is -2.33. The highest BCUT2D eigenvalue weighted by molar-refractivity contribution is 5.79. The zero-order chi connectivity index (χ0) is 17.6. The van der Waals surface area contributed by atoms with Crippen LogP contribution in [0, 0.1) is 0 Å². The van der Waals surface area contributed by atoms with Crippen molar-refractivity contribution in [3.05, 3.63) is 65.7 Å². The largest absolute Gasteiger partial charge is 0.494 e. The maximum Gasteiger partial charge on any atom is 0.227 e. The molecule has 1 heterocycles. The van der Waals surface area contributed by atoms with Crippen molar-refractivity contribution in [1.29, 1.82) is 0 Å². The fourth-order valence-corrected chi connectivity index (χ4v) is 3.32. The van der Waals surface area contributed by atoms with Crippen LogP contribution in [0.1, 0.15) is 24.1 Å². The van der Waals surface area contributed by atoms with Gasteiger partial charge in [-0.1, -0.05) is 42.5 Å². The first-order chi connectivity index (χ1) is 12.2. The third kappa shape index (κ3) is 4.40. The number of hydrogen-bond acceptors (Lipinski definition) is 3. The molecule has 1 fully saturated rings. The summed E-state index contributed by atoms with van der Waals surface area (Å²) in [6.07, 6.45) is 0.430. The van der Waals surface area contributed by atoms with Crippen LogP contribution in [0.2, 0.25) is 0 Å². The summed E-state index contributed by atoms with van der Waals surface area (Å²) in [6, 6.07) is 18.3. The molecule has 1 aliphatic rings. The number of hydrogen-bond donors (Lipinski definition) is 0. The smallest absolute Gasteiger partial charge is 0.227 e. The van der Waals surface area contributed by atoms with Crippen molar-refractivity contribution in [2.75, 3.05) is 33.3 Å². The first kappa shape index (κ1) is 17.5. The summed E-state index contributed by atoms with van der Waals surface area (Å²) in [6.45, 7) is 5.18. The van der Waals surface area contributed by atoms with Crippen molar-refractivity contribution in [1.82, 2.24) is 9.80 Å². The Balaban J connectivity index is 1.72. The Kier molecular flexibility index (Phi) is 5.71. The van der Waals surface area contributed by atoms with Gasteiger partial charge in [0.05, 0.1) is 19.1 Å². The number of amides is 1. The first-order valence-electron chi connectivity index (χ1n) is 8.92. The summed E-state index contributed by atoms with van der Waals surface area (Å²) in [5.41, 5.74) is 2.23. The summed E-state index contributed by atoms with van der Waals surface area (Å²) in [5.74, 6) is 1.03. The van der Waals surface area contributed by atoms with E-state index in [1.54, 1.807) is 0 Å². The number of ether oxygens (including phenoxy) is 1. The van der Waals surface area contributed by atoms with Crippen molar-refractivity contribution in [2.45, 2.75) is 19.4 Å². The number of rotatable bonds is 5. The molecule has 0 aliphatic carbocycles. The summed E-state index contributed by atoms with van der Waals surface area (Å²) in [5, 5.41) is 0. The van der Waals surface area contributed by atoms with E-state index < -0.39 is 0 Å². The second-order valence-electron chi connectivity index (χ2n) is 6.53. The molecule has 0 saturated carbocycles. The lowest BCUT2D eigenvalue weighted by Gasteiger charge is -2.40. The topological polar surface area (TPSA) is 32.8 Å². The molecule has 0 aromatic heterocycles. The van der Waals surface area contributed by atoms with Crippen LogP contribution in [0.5, 0.6) is 5.75 Å². The van der Waals surface area contributed by atoms with E-state index in [0.29, 0.717) is 13.0 Å². The van der Waals surface area contributed by atoms with E-state index in [-0.39, 0.29) is 11.9 Å². The molecule has 25 heavy (non-hydrogen) atoms. The second-order valence-corrected chi connectivity index (χ2v) is 6.53. The van der Waals surface area contributed by atoms with Gasteiger partial charge >= 0.3 is 0 Å². The number of benzene rings is 2. The van der Waals surface area contributed by atoms with Crippen LogP contribution in [-0.2, 0) is 11.2 Å². The second kappa shape index (κ2) is 8.17. The number of piperazine rings is 1. The summed E-state index contributed by atoms with van der Waals surface area (Å²) in [4.78, 5) is 17.3. The molecule has 4 heteroatoms. The van der Waals surface area contributed by atoms with Gasteiger partial charge in [0.25, 0.3) is 0 Å². The lowest BCUT2D eigenvalue weighted by atomic mass is 10.0. The van der Waals surface area contributed by atoms with Gasteiger partial charge in [-0.25, -0.2) is 0 Å². The molecule has 1 aliphatic heterocycles. The lowest BCUT2D eigenvalue weighted by molar-refractivity contribution is -0.135.